The standard InChI is InChI=1S/C18H15ClN4O4/c1-11-3-6-17(27-2)15(7-11)22-18(24)12(9-20)10-21-13-4-5-14(19)16(8-13)23(25)26/h3-8,10,21H,1-2H3,(H,22,24)/b12-10-. The van der Waals surface area contributed by atoms with E-state index in [1.54, 1.807) is 18.2 Å². The molecule has 8 nitrogen and oxygen atoms in total. The number of methoxy groups -OCH3 is 1. The summed E-state index contributed by atoms with van der Waals surface area (Å²) in [6.07, 6.45) is 1.16. The molecular weight excluding hydrogens is 372 g/mol. The lowest BCUT2D eigenvalue weighted by atomic mass is 10.2. The fourth-order valence-electron chi connectivity index (χ4n) is 2.16. The fraction of sp³-hybridized carbons (Fsp3) is 0.111. The van der Waals surface area contributed by atoms with E-state index >= 15 is 0 Å². The van der Waals surface area contributed by atoms with Crippen molar-refractivity contribution in [3.05, 3.63) is 68.9 Å². The summed E-state index contributed by atoms with van der Waals surface area (Å²) < 4.78 is 5.18. The highest BCUT2D eigenvalue weighted by Gasteiger charge is 2.14. The summed E-state index contributed by atoms with van der Waals surface area (Å²) in [6, 6.07) is 11.1. The number of nitriles is 1. The first kappa shape index (κ1) is 19.8. The van der Waals surface area contributed by atoms with E-state index in [4.69, 9.17) is 16.3 Å². The van der Waals surface area contributed by atoms with E-state index in [1.807, 2.05) is 13.0 Å². The molecule has 1 amide bonds. The van der Waals surface area contributed by atoms with Crippen LogP contribution >= 0.6 is 11.6 Å². The number of anilines is 2. The van der Waals surface area contributed by atoms with Crippen LogP contribution in [0.4, 0.5) is 17.1 Å². The predicted octanol–water partition coefficient (Wildman–Crippen LogP) is 4.02. The third-order valence-electron chi connectivity index (χ3n) is 3.49. The van der Waals surface area contributed by atoms with Crippen LogP contribution in [-0.4, -0.2) is 17.9 Å². The van der Waals surface area contributed by atoms with E-state index in [0.29, 0.717) is 17.1 Å². The molecule has 0 saturated carbocycles. The van der Waals surface area contributed by atoms with Gasteiger partial charge in [-0.3, -0.25) is 14.9 Å². The number of nitro groups is 1. The number of ether oxygens (including phenoxy) is 1. The van der Waals surface area contributed by atoms with Gasteiger partial charge in [0, 0.05) is 18.0 Å². The molecule has 27 heavy (non-hydrogen) atoms. The Balaban J connectivity index is 2.20. The number of nitro benzene ring substituents is 1. The molecule has 2 rings (SSSR count). The van der Waals surface area contributed by atoms with Crippen molar-refractivity contribution in [2.75, 3.05) is 17.7 Å². The Morgan fingerprint density at radius 1 is 1.33 bits per heavy atom. The topological polar surface area (TPSA) is 117 Å². The van der Waals surface area contributed by atoms with Gasteiger partial charge in [0.05, 0.1) is 17.7 Å². The molecule has 0 saturated heterocycles. The number of hydrogen-bond donors (Lipinski definition) is 2. The zero-order valence-corrected chi connectivity index (χ0v) is 15.2. The lowest BCUT2D eigenvalue weighted by Crippen LogP contribution is -2.15. The summed E-state index contributed by atoms with van der Waals surface area (Å²) in [6.45, 7) is 1.85. The molecule has 9 heteroatoms. The van der Waals surface area contributed by atoms with Gasteiger partial charge >= 0.3 is 0 Å². The Morgan fingerprint density at radius 3 is 2.70 bits per heavy atom. The van der Waals surface area contributed by atoms with Gasteiger partial charge < -0.3 is 15.4 Å². The summed E-state index contributed by atoms with van der Waals surface area (Å²) in [5.41, 5.74) is 1.12. The maximum absolute atomic E-state index is 12.3. The highest BCUT2D eigenvalue weighted by Crippen LogP contribution is 2.28. The first-order chi connectivity index (χ1) is 12.8. The number of carbonyl (C=O) groups excluding carboxylic acids is 1. The molecule has 2 aromatic carbocycles. The molecule has 0 heterocycles. The summed E-state index contributed by atoms with van der Waals surface area (Å²) in [5, 5.41) is 25.4. The lowest BCUT2D eigenvalue weighted by Gasteiger charge is -2.10. The average Bonchev–Trinajstić information content (AvgIpc) is 2.63. The number of nitrogens with zero attached hydrogens (tertiary/aromatic N) is 2. The van der Waals surface area contributed by atoms with Crippen LogP contribution in [0.5, 0.6) is 5.75 Å². The van der Waals surface area contributed by atoms with E-state index in [1.165, 1.54) is 25.3 Å². The number of halogens is 1. The second-order valence-corrected chi connectivity index (χ2v) is 5.80. The molecule has 2 N–H and O–H groups in total. The molecule has 2 aromatic rings. The van der Waals surface area contributed by atoms with Crippen molar-refractivity contribution in [1.29, 1.82) is 5.26 Å². The largest absolute Gasteiger partial charge is 0.495 e. The number of amides is 1. The quantitative estimate of drug-likeness (QED) is 0.335. The van der Waals surface area contributed by atoms with Crippen LogP contribution in [0.3, 0.4) is 0 Å². The van der Waals surface area contributed by atoms with Crippen molar-refractivity contribution in [2.24, 2.45) is 0 Å². The van der Waals surface area contributed by atoms with Crippen molar-refractivity contribution < 1.29 is 14.5 Å². The van der Waals surface area contributed by atoms with Gasteiger partial charge in [-0.2, -0.15) is 5.26 Å². The van der Waals surface area contributed by atoms with Crippen molar-refractivity contribution in [3.8, 4) is 11.8 Å². The summed E-state index contributed by atoms with van der Waals surface area (Å²) in [4.78, 5) is 22.6. The van der Waals surface area contributed by atoms with E-state index in [-0.39, 0.29) is 16.3 Å². The average molecular weight is 387 g/mol. The maximum Gasteiger partial charge on any atom is 0.289 e. The molecule has 0 unspecified atom stereocenters. The van der Waals surface area contributed by atoms with E-state index in [2.05, 4.69) is 10.6 Å². The van der Waals surface area contributed by atoms with Crippen LogP contribution in [0.25, 0.3) is 0 Å². The van der Waals surface area contributed by atoms with Gasteiger partial charge in [0.1, 0.15) is 22.4 Å². The minimum absolute atomic E-state index is 0.0145. The summed E-state index contributed by atoms with van der Waals surface area (Å²) >= 11 is 5.75. The normalized spacial score (nSPS) is 10.7. The molecule has 0 aliphatic carbocycles. The van der Waals surface area contributed by atoms with Gasteiger partial charge in [0.15, 0.2) is 0 Å². The minimum atomic E-state index is -0.655. The van der Waals surface area contributed by atoms with Crippen molar-refractivity contribution in [1.82, 2.24) is 0 Å². The van der Waals surface area contributed by atoms with Gasteiger partial charge in [-0.15, -0.1) is 0 Å². The van der Waals surface area contributed by atoms with Crippen molar-refractivity contribution >= 4 is 34.6 Å². The second-order valence-electron chi connectivity index (χ2n) is 5.40. The zero-order valence-electron chi connectivity index (χ0n) is 14.4. The highest BCUT2D eigenvalue weighted by molar-refractivity contribution is 6.32. The molecule has 0 spiro atoms. The summed E-state index contributed by atoms with van der Waals surface area (Å²) in [5.74, 6) is -0.204. The number of aryl methyl sites for hydroxylation is 1. The highest BCUT2D eigenvalue weighted by atomic mass is 35.5. The van der Waals surface area contributed by atoms with Crippen LogP contribution in [0.1, 0.15) is 5.56 Å². The molecule has 0 radical (unpaired) electrons. The molecular formula is C18H15ClN4O4. The zero-order chi connectivity index (χ0) is 20.0. The first-order valence-corrected chi connectivity index (χ1v) is 8.00. The molecule has 0 aromatic heterocycles. The Morgan fingerprint density at radius 2 is 2.07 bits per heavy atom. The smallest absolute Gasteiger partial charge is 0.289 e. The third kappa shape index (κ3) is 4.96. The Labute approximate surface area is 160 Å². The number of rotatable bonds is 6. The lowest BCUT2D eigenvalue weighted by molar-refractivity contribution is -0.384. The minimum Gasteiger partial charge on any atom is -0.495 e. The van der Waals surface area contributed by atoms with E-state index < -0.39 is 10.8 Å². The monoisotopic (exact) mass is 386 g/mol. The molecule has 138 valence electrons. The molecule has 0 aliphatic rings. The number of carbonyl (C=O) groups is 1. The van der Waals surface area contributed by atoms with Crippen LogP contribution in [0.2, 0.25) is 5.02 Å². The molecule has 0 atom stereocenters. The first-order valence-electron chi connectivity index (χ1n) is 7.62. The number of benzene rings is 2. The summed E-state index contributed by atoms with van der Waals surface area (Å²) in [7, 11) is 1.47. The van der Waals surface area contributed by atoms with Gasteiger partial charge in [0.2, 0.25) is 0 Å². The predicted molar refractivity (Wildman–Crippen MR) is 102 cm³/mol. The van der Waals surface area contributed by atoms with Crippen LogP contribution < -0.4 is 15.4 Å². The second kappa shape index (κ2) is 8.69. The van der Waals surface area contributed by atoms with Gasteiger partial charge in [0.25, 0.3) is 11.6 Å². The van der Waals surface area contributed by atoms with Crippen molar-refractivity contribution in [3.63, 3.8) is 0 Å². The fourth-order valence-corrected chi connectivity index (χ4v) is 2.34. The number of nitrogens with one attached hydrogen (secondary N) is 2. The van der Waals surface area contributed by atoms with E-state index in [9.17, 15) is 20.2 Å². The van der Waals surface area contributed by atoms with Crippen LogP contribution in [0.15, 0.2) is 48.2 Å². The van der Waals surface area contributed by atoms with Gasteiger partial charge in [-0.1, -0.05) is 17.7 Å². The maximum atomic E-state index is 12.3. The SMILES string of the molecule is COc1ccc(C)cc1NC(=O)/C(C#N)=C\Nc1ccc(Cl)c([N+](=O)[O-])c1. The van der Waals surface area contributed by atoms with Crippen molar-refractivity contribution in [2.45, 2.75) is 6.92 Å². The number of hydrogen-bond acceptors (Lipinski definition) is 6. The van der Waals surface area contributed by atoms with Crippen LogP contribution in [0, 0.1) is 28.4 Å². The molecule has 0 aliphatic heterocycles. The van der Waals surface area contributed by atoms with Crippen LogP contribution in [-0.2, 0) is 4.79 Å². The van der Waals surface area contributed by atoms with E-state index in [0.717, 1.165) is 11.8 Å². The Kier molecular flexibility index (Phi) is 6.36. The third-order valence-corrected chi connectivity index (χ3v) is 3.81. The Bertz CT molecular complexity index is 966. The van der Waals surface area contributed by atoms with Gasteiger partial charge in [-0.05, 0) is 36.8 Å². The molecule has 0 fully saturated rings. The molecule has 0 bridgehead atoms. The Hall–Kier alpha value is -3.57. The van der Waals surface area contributed by atoms with Gasteiger partial charge in [-0.25, -0.2) is 0 Å².